The molecule has 1 heterocycles. The summed E-state index contributed by atoms with van der Waals surface area (Å²) in [4.78, 5) is 0. The second-order valence-corrected chi connectivity index (χ2v) is 6.34. The van der Waals surface area contributed by atoms with Crippen LogP contribution in [0.5, 0.6) is 0 Å². The number of hydrogen-bond acceptors (Lipinski definition) is 2. The van der Waals surface area contributed by atoms with Crippen LogP contribution in [0.1, 0.15) is 59.8 Å². The topological polar surface area (TPSA) is 29.5 Å². The minimum Gasteiger partial charge on any atom is -0.366 e. The zero-order chi connectivity index (χ0) is 11.3. The van der Waals surface area contributed by atoms with E-state index in [1.165, 1.54) is 19.3 Å². The molecule has 0 bridgehead atoms. The Morgan fingerprint density at radius 1 is 1.13 bits per heavy atom. The van der Waals surface area contributed by atoms with E-state index in [9.17, 15) is 5.11 Å². The van der Waals surface area contributed by atoms with Crippen molar-refractivity contribution in [3.63, 3.8) is 0 Å². The van der Waals surface area contributed by atoms with Gasteiger partial charge in [0.1, 0.15) is 0 Å². The smallest absolute Gasteiger partial charge is 0.163 e. The van der Waals surface area contributed by atoms with Gasteiger partial charge < -0.3 is 9.84 Å². The Morgan fingerprint density at radius 3 is 2.27 bits per heavy atom. The molecule has 1 saturated heterocycles. The summed E-state index contributed by atoms with van der Waals surface area (Å²) in [6.07, 6.45) is 5.53. The summed E-state index contributed by atoms with van der Waals surface area (Å²) in [5.74, 6) is -0.335. The lowest BCUT2D eigenvalue weighted by atomic mass is 9.60. The van der Waals surface area contributed by atoms with Gasteiger partial charge in [-0.05, 0) is 37.5 Å². The summed E-state index contributed by atoms with van der Waals surface area (Å²) in [6.45, 7) is 8.68. The van der Waals surface area contributed by atoms with Gasteiger partial charge in [-0.2, -0.15) is 0 Å². The third-order valence-electron chi connectivity index (χ3n) is 4.74. The predicted octanol–water partition coefficient (Wildman–Crippen LogP) is 3.09. The molecule has 1 aliphatic heterocycles. The van der Waals surface area contributed by atoms with Gasteiger partial charge >= 0.3 is 0 Å². The highest BCUT2D eigenvalue weighted by molar-refractivity contribution is 5.05. The fourth-order valence-electron chi connectivity index (χ4n) is 3.70. The summed E-state index contributed by atoms with van der Waals surface area (Å²) in [7, 11) is 0. The molecule has 88 valence electrons. The molecule has 3 atom stereocenters. The lowest BCUT2D eigenvalue weighted by molar-refractivity contribution is -0.263. The van der Waals surface area contributed by atoms with E-state index < -0.39 is 5.79 Å². The van der Waals surface area contributed by atoms with Crippen LogP contribution in [0.2, 0.25) is 0 Å². The van der Waals surface area contributed by atoms with Crippen LogP contribution in [0.4, 0.5) is 0 Å². The molecule has 3 unspecified atom stereocenters. The quantitative estimate of drug-likeness (QED) is 0.668. The SMILES string of the molecule is CC1CCCC(C)(C)C12CCC(C)(O)O2. The Labute approximate surface area is 93.0 Å². The van der Waals surface area contributed by atoms with Crippen molar-refractivity contribution >= 4 is 0 Å². The van der Waals surface area contributed by atoms with Crippen LogP contribution in [0, 0.1) is 11.3 Å². The van der Waals surface area contributed by atoms with Crippen LogP contribution in [0.25, 0.3) is 0 Å². The van der Waals surface area contributed by atoms with Crippen LogP contribution in [0.15, 0.2) is 0 Å². The van der Waals surface area contributed by atoms with Crippen LogP contribution in [-0.4, -0.2) is 16.5 Å². The molecule has 0 aromatic heterocycles. The van der Waals surface area contributed by atoms with E-state index in [0.717, 1.165) is 12.8 Å². The van der Waals surface area contributed by atoms with Gasteiger partial charge in [0.15, 0.2) is 5.79 Å². The molecular formula is C13H24O2. The second kappa shape index (κ2) is 3.21. The molecule has 15 heavy (non-hydrogen) atoms. The van der Waals surface area contributed by atoms with E-state index in [-0.39, 0.29) is 11.0 Å². The van der Waals surface area contributed by atoms with Gasteiger partial charge in [0.05, 0.1) is 5.60 Å². The Kier molecular flexibility index (Phi) is 2.44. The lowest BCUT2D eigenvalue weighted by Crippen LogP contribution is -2.53. The summed E-state index contributed by atoms with van der Waals surface area (Å²) in [5, 5.41) is 10.0. The second-order valence-electron chi connectivity index (χ2n) is 6.34. The first-order chi connectivity index (χ1) is 6.79. The van der Waals surface area contributed by atoms with E-state index in [1.807, 2.05) is 0 Å². The molecule has 1 aliphatic carbocycles. The van der Waals surface area contributed by atoms with Crippen molar-refractivity contribution in [3.8, 4) is 0 Å². The highest BCUT2D eigenvalue weighted by Crippen LogP contribution is 2.57. The molecule has 2 aliphatic rings. The fourth-order valence-corrected chi connectivity index (χ4v) is 3.70. The third-order valence-corrected chi connectivity index (χ3v) is 4.74. The first-order valence-electron chi connectivity index (χ1n) is 6.22. The van der Waals surface area contributed by atoms with Gasteiger partial charge in [-0.25, -0.2) is 0 Å². The monoisotopic (exact) mass is 212 g/mol. The minimum absolute atomic E-state index is 0.0885. The van der Waals surface area contributed by atoms with Gasteiger partial charge in [-0.15, -0.1) is 0 Å². The summed E-state index contributed by atoms with van der Waals surface area (Å²) in [6, 6.07) is 0. The molecule has 0 aromatic rings. The summed E-state index contributed by atoms with van der Waals surface area (Å²) < 4.78 is 6.06. The first-order valence-corrected chi connectivity index (χ1v) is 6.22. The molecule has 2 heteroatoms. The molecule has 0 radical (unpaired) electrons. The van der Waals surface area contributed by atoms with Crippen LogP contribution >= 0.6 is 0 Å². The largest absolute Gasteiger partial charge is 0.366 e. The van der Waals surface area contributed by atoms with Crippen molar-refractivity contribution in [1.29, 1.82) is 0 Å². The lowest BCUT2D eigenvalue weighted by Gasteiger charge is -2.52. The van der Waals surface area contributed by atoms with Gasteiger partial charge in [0, 0.05) is 6.42 Å². The van der Waals surface area contributed by atoms with Gasteiger partial charge in [0.25, 0.3) is 0 Å². The van der Waals surface area contributed by atoms with Gasteiger partial charge in [-0.1, -0.05) is 27.2 Å². The standard InChI is InChI=1S/C13H24O2/c1-10-6-5-7-11(2,3)13(10)9-8-12(4,14)15-13/h10,14H,5-9H2,1-4H3. The van der Waals surface area contributed by atoms with Gasteiger partial charge in [0.2, 0.25) is 0 Å². The summed E-state index contributed by atoms with van der Waals surface area (Å²) in [5.41, 5.74) is 0.111. The Morgan fingerprint density at radius 2 is 1.80 bits per heavy atom. The van der Waals surface area contributed by atoms with E-state index in [4.69, 9.17) is 4.74 Å². The van der Waals surface area contributed by atoms with E-state index in [1.54, 1.807) is 6.92 Å². The Hall–Kier alpha value is -0.0800. The normalized spacial score (nSPS) is 49.8. The van der Waals surface area contributed by atoms with E-state index >= 15 is 0 Å². The molecular weight excluding hydrogens is 188 g/mol. The molecule has 1 N–H and O–H groups in total. The number of hydrogen-bond donors (Lipinski definition) is 1. The molecule has 2 nitrogen and oxygen atoms in total. The third kappa shape index (κ3) is 1.62. The van der Waals surface area contributed by atoms with Gasteiger partial charge in [-0.3, -0.25) is 0 Å². The van der Waals surface area contributed by atoms with Crippen molar-refractivity contribution in [2.24, 2.45) is 11.3 Å². The van der Waals surface area contributed by atoms with Crippen LogP contribution in [-0.2, 0) is 4.74 Å². The average molecular weight is 212 g/mol. The number of rotatable bonds is 0. The highest BCUT2D eigenvalue weighted by atomic mass is 16.6. The van der Waals surface area contributed by atoms with Crippen LogP contribution in [0.3, 0.4) is 0 Å². The van der Waals surface area contributed by atoms with Crippen molar-refractivity contribution in [3.05, 3.63) is 0 Å². The minimum atomic E-state index is -0.900. The molecule has 1 saturated carbocycles. The van der Waals surface area contributed by atoms with Crippen molar-refractivity contribution in [1.82, 2.24) is 0 Å². The summed E-state index contributed by atoms with van der Waals surface area (Å²) >= 11 is 0. The highest BCUT2D eigenvalue weighted by Gasteiger charge is 2.58. The molecule has 2 rings (SSSR count). The van der Waals surface area contributed by atoms with Crippen molar-refractivity contribution < 1.29 is 9.84 Å². The molecule has 0 amide bonds. The van der Waals surface area contributed by atoms with Crippen molar-refractivity contribution in [2.75, 3.05) is 0 Å². The van der Waals surface area contributed by atoms with Crippen molar-refractivity contribution in [2.45, 2.75) is 71.2 Å². The maximum absolute atomic E-state index is 10.0. The Bertz CT molecular complexity index is 257. The molecule has 2 fully saturated rings. The zero-order valence-electron chi connectivity index (χ0n) is 10.5. The predicted molar refractivity (Wildman–Crippen MR) is 60.5 cm³/mol. The number of ether oxygens (including phenoxy) is 1. The first kappa shape index (κ1) is 11.4. The van der Waals surface area contributed by atoms with Crippen LogP contribution < -0.4 is 0 Å². The maximum Gasteiger partial charge on any atom is 0.163 e. The molecule has 1 spiro atoms. The zero-order valence-corrected chi connectivity index (χ0v) is 10.5. The number of aliphatic hydroxyl groups is 1. The van der Waals surface area contributed by atoms with E-state index in [2.05, 4.69) is 20.8 Å². The molecule has 0 aromatic carbocycles. The fraction of sp³-hybridized carbons (Fsp3) is 1.00. The maximum atomic E-state index is 10.0. The average Bonchev–Trinajstić information content (AvgIpc) is 2.41. The Balaban J connectivity index is 2.31. The van der Waals surface area contributed by atoms with E-state index in [0.29, 0.717) is 5.92 Å².